The number of aldehydes is 1. The van der Waals surface area contributed by atoms with E-state index >= 15 is 0 Å². The van der Waals surface area contributed by atoms with E-state index in [1.165, 1.54) is 5.56 Å². The molecular weight excluding hydrogens is 596 g/mol. The van der Waals surface area contributed by atoms with E-state index in [0.717, 1.165) is 29.1 Å². The van der Waals surface area contributed by atoms with Crippen LogP contribution in [0.4, 0.5) is 0 Å². The van der Waals surface area contributed by atoms with Crippen molar-refractivity contribution in [1.29, 1.82) is 0 Å². The first-order valence-corrected chi connectivity index (χ1v) is 15.0. The molecule has 0 aliphatic heterocycles. The fourth-order valence-electron chi connectivity index (χ4n) is 3.51. The van der Waals surface area contributed by atoms with Crippen LogP contribution in [-0.2, 0) is 14.2 Å². The molecule has 3 aromatic rings. The Morgan fingerprint density at radius 3 is 1.87 bits per heavy atom. The summed E-state index contributed by atoms with van der Waals surface area (Å²) in [6, 6.07) is 21.4. The number of esters is 1. The lowest BCUT2D eigenvalue weighted by molar-refractivity contribution is 0.0447. The molecule has 0 saturated heterocycles. The first kappa shape index (κ1) is 37.7. The van der Waals surface area contributed by atoms with Crippen molar-refractivity contribution in [1.82, 2.24) is 0 Å². The first-order chi connectivity index (χ1) is 22.7. The summed E-state index contributed by atoms with van der Waals surface area (Å²) in [6.07, 6.45) is 9.77. The predicted molar refractivity (Wildman–Crippen MR) is 185 cm³/mol. The second-order valence-electron chi connectivity index (χ2n) is 10.0. The Balaban J connectivity index is 0.000000353. The minimum Gasteiger partial charge on any atom is -0.497 e. The van der Waals surface area contributed by atoms with Gasteiger partial charge in [0.1, 0.15) is 68.1 Å². The highest BCUT2D eigenvalue weighted by Crippen LogP contribution is 2.17. The van der Waals surface area contributed by atoms with Crippen molar-refractivity contribution in [2.45, 2.75) is 20.8 Å². The number of allylic oxidation sites excluding steroid dienone is 6. The van der Waals surface area contributed by atoms with E-state index in [9.17, 15) is 9.59 Å². The lowest BCUT2D eigenvalue weighted by Gasteiger charge is -2.12. The van der Waals surface area contributed by atoms with Gasteiger partial charge in [0.15, 0.2) is 0 Å². The summed E-state index contributed by atoms with van der Waals surface area (Å²) in [5.74, 6) is 3.00. The van der Waals surface area contributed by atoms with E-state index in [1.54, 1.807) is 43.5 Å². The Labute approximate surface area is 278 Å². The molecule has 47 heavy (non-hydrogen) atoms. The van der Waals surface area contributed by atoms with Gasteiger partial charge in [-0.25, -0.2) is 4.79 Å². The Hall–Kier alpha value is -5.50. The third kappa shape index (κ3) is 16.4. The molecule has 8 heteroatoms. The smallest absolute Gasteiger partial charge is 0.338 e. The van der Waals surface area contributed by atoms with Crippen LogP contribution in [0.1, 0.15) is 40.1 Å². The highest BCUT2D eigenvalue weighted by Gasteiger charge is 2.09. The van der Waals surface area contributed by atoms with Gasteiger partial charge in [-0.05, 0) is 81.5 Å². The summed E-state index contributed by atoms with van der Waals surface area (Å²) in [6.45, 7) is 15.0. The van der Waals surface area contributed by atoms with E-state index in [2.05, 4.69) is 13.2 Å². The van der Waals surface area contributed by atoms with Gasteiger partial charge in [0.25, 0.3) is 0 Å². The van der Waals surface area contributed by atoms with Gasteiger partial charge < -0.3 is 28.4 Å². The van der Waals surface area contributed by atoms with Crippen molar-refractivity contribution in [3.8, 4) is 17.2 Å². The minimum atomic E-state index is -0.483. The molecule has 8 nitrogen and oxygen atoms in total. The van der Waals surface area contributed by atoms with Crippen LogP contribution in [0.5, 0.6) is 17.2 Å². The molecule has 0 amide bonds. The number of hydrogen-bond acceptors (Lipinski definition) is 8. The lowest BCUT2D eigenvalue weighted by Crippen LogP contribution is -2.12. The van der Waals surface area contributed by atoms with Crippen molar-refractivity contribution in [2.75, 3.05) is 40.1 Å². The third-order valence-corrected chi connectivity index (χ3v) is 6.02. The highest BCUT2D eigenvalue weighted by molar-refractivity contribution is 5.90. The number of hydrogen-bond donors (Lipinski definition) is 0. The maximum atomic E-state index is 12.1. The Bertz CT molecular complexity index is 1480. The molecule has 0 aliphatic rings. The molecule has 0 saturated carbocycles. The van der Waals surface area contributed by atoms with Gasteiger partial charge in [0, 0.05) is 5.56 Å². The van der Waals surface area contributed by atoms with E-state index in [0.29, 0.717) is 49.1 Å². The average Bonchev–Trinajstić information content (AvgIpc) is 3.09. The van der Waals surface area contributed by atoms with Crippen LogP contribution in [0.15, 0.2) is 133 Å². The van der Waals surface area contributed by atoms with Crippen molar-refractivity contribution >= 4 is 12.3 Å². The van der Waals surface area contributed by atoms with Crippen LogP contribution in [0, 0.1) is 6.92 Å². The minimum absolute atomic E-state index is 0.00311. The molecule has 248 valence electrons. The maximum Gasteiger partial charge on any atom is 0.338 e. The molecule has 0 heterocycles. The van der Waals surface area contributed by atoms with E-state index in [4.69, 9.17) is 28.4 Å². The SMILES string of the molecule is C/C=C\C=C(/COC(=O)c1ccc(C=O)cc1)OCCOc1ccc(C)cc1.C=C(C)/C=C\C(=C)OCCOc1ccc(OC)cc1. The predicted octanol–water partition coefficient (Wildman–Crippen LogP) is 8.26. The summed E-state index contributed by atoms with van der Waals surface area (Å²) in [7, 11) is 1.63. The highest BCUT2D eigenvalue weighted by atomic mass is 16.6. The molecule has 3 rings (SSSR count). The number of carbonyl (C=O) groups excluding carboxylic acids is 2. The van der Waals surface area contributed by atoms with Gasteiger partial charge in [0.2, 0.25) is 0 Å². The van der Waals surface area contributed by atoms with Crippen LogP contribution >= 0.6 is 0 Å². The monoisotopic (exact) mass is 640 g/mol. The van der Waals surface area contributed by atoms with E-state index in [-0.39, 0.29) is 6.61 Å². The zero-order valence-electron chi connectivity index (χ0n) is 27.6. The number of ether oxygens (including phenoxy) is 6. The quantitative estimate of drug-likeness (QED) is 0.0452. The second-order valence-corrected chi connectivity index (χ2v) is 10.0. The summed E-state index contributed by atoms with van der Waals surface area (Å²) in [4.78, 5) is 22.8. The molecule has 0 aliphatic carbocycles. The normalized spacial score (nSPS) is 10.9. The van der Waals surface area contributed by atoms with Crippen molar-refractivity contribution in [3.05, 3.63) is 150 Å². The van der Waals surface area contributed by atoms with Gasteiger partial charge in [-0.2, -0.15) is 0 Å². The van der Waals surface area contributed by atoms with E-state index < -0.39 is 5.97 Å². The maximum absolute atomic E-state index is 12.1. The number of benzene rings is 3. The topological polar surface area (TPSA) is 89.5 Å². The summed E-state index contributed by atoms with van der Waals surface area (Å²) >= 11 is 0. The zero-order chi connectivity index (χ0) is 34.3. The van der Waals surface area contributed by atoms with Gasteiger partial charge >= 0.3 is 5.97 Å². The van der Waals surface area contributed by atoms with Crippen molar-refractivity contribution < 1.29 is 38.0 Å². The molecule has 0 bridgehead atoms. The Morgan fingerprint density at radius 2 is 1.32 bits per heavy atom. The summed E-state index contributed by atoms with van der Waals surface area (Å²) in [5.41, 5.74) is 3.00. The molecule has 0 fully saturated rings. The summed E-state index contributed by atoms with van der Waals surface area (Å²) < 4.78 is 32.6. The van der Waals surface area contributed by atoms with Gasteiger partial charge in [0.05, 0.1) is 12.7 Å². The number of aryl methyl sites for hydroxylation is 1. The van der Waals surface area contributed by atoms with Gasteiger partial charge in [-0.1, -0.05) is 66.8 Å². The number of methoxy groups -OCH3 is 1. The lowest BCUT2D eigenvalue weighted by atomic mass is 10.1. The van der Waals surface area contributed by atoms with Crippen LogP contribution in [-0.4, -0.2) is 52.4 Å². The van der Waals surface area contributed by atoms with Gasteiger partial charge in [-0.3, -0.25) is 4.79 Å². The summed E-state index contributed by atoms with van der Waals surface area (Å²) in [5, 5.41) is 0. The molecule has 0 spiro atoms. The molecule has 0 unspecified atom stereocenters. The molecule has 0 N–H and O–H groups in total. The molecule has 0 radical (unpaired) electrons. The first-order valence-electron chi connectivity index (χ1n) is 15.0. The molecule has 0 aromatic heterocycles. The Morgan fingerprint density at radius 1 is 0.745 bits per heavy atom. The second kappa shape index (κ2) is 22.1. The molecule has 3 aromatic carbocycles. The van der Waals surface area contributed by atoms with Crippen molar-refractivity contribution in [3.63, 3.8) is 0 Å². The fourth-order valence-corrected chi connectivity index (χ4v) is 3.51. The number of rotatable bonds is 18. The van der Waals surface area contributed by atoms with Gasteiger partial charge in [-0.15, -0.1) is 0 Å². The van der Waals surface area contributed by atoms with Crippen LogP contribution in [0.25, 0.3) is 0 Å². The largest absolute Gasteiger partial charge is 0.497 e. The fraction of sp³-hybridized carbons (Fsp3) is 0.231. The molecule has 0 atom stereocenters. The van der Waals surface area contributed by atoms with Crippen LogP contribution < -0.4 is 14.2 Å². The average molecular weight is 641 g/mol. The number of carbonyl (C=O) groups is 2. The van der Waals surface area contributed by atoms with Crippen molar-refractivity contribution in [2.24, 2.45) is 0 Å². The molecular formula is C39H44O8. The Kier molecular flexibility index (Phi) is 17.7. The van der Waals surface area contributed by atoms with E-state index in [1.807, 2.05) is 87.5 Å². The standard InChI is InChI=1S/C23H24O5.C16H20O3/c1-3-4-5-22(27-15-14-26-21-12-6-18(2)7-13-21)17-28-23(25)20-10-8-19(16-24)9-11-20;1-13(2)5-6-14(3)18-11-12-19-16-9-7-15(17-4)8-10-16/h3-13,16H,14-15,17H2,1-2H3;5-10H,1,3,11-12H2,2,4H3/b4-3-,22-5+;6-5-. The van der Waals surface area contributed by atoms with Crippen LogP contribution in [0.3, 0.4) is 0 Å². The van der Waals surface area contributed by atoms with Crippen LogP contribution in [0.2, 0.25) is 0 Å². The third-order valence-electron chi connectivity index (χ3n) is 6.02. The zero-order valence-corrected chi connectivity index (χ0v) is 27.6.